The van der Waals surface area contributed by atoms with Crippen LogP contribution in [0.25, 0.3) is 0 Å². The average molecular weight is 466 g/mol. The Morgan fingerprint density at radius 3 is 2.30 bits per heavy atom. The van der Waals surface area contributed by atoms with Gasteiger partial charge < -0.3 is 24.4 Å². The molecule has 2 aromatic rings. The van der Waals surface area contributed by atoms with E-state index in [9.17, 15) is 27.9 Å². The van der Waals surface area contributed by atoms with Crippen LogP contribution < -0.4 is 9.47 Å². The Kier molecular flexibility index (Phi) is 7.67. The molecule has 33 heavy (non-hydrogen) atoms. The molecule has 10 heteroatoms. The highest BCUT2D eigenvalue weighted by molar-refractivity contribution is 5.97. The average Bonchev–Trinajstić information content (AvgIpc) is 2.81. The molecule has 3 rings (SSSR count). The summed E-state index contributed by atoms with van der Waals surface area (Å²) in [5.41, 5.74) is 0.960. The molecule has 178 valence electrons. The first-order valence-electron chi connectivity index (χ1n) is 10.4. The smallest absolute Gasteiger partial charge is 0.422 e. The number of carbonyl (C=O) groups excluding carboxylic acids is 2. The van der Waals surface area contributed by atoms with Gasteiger partial charge in [-0.15, -0.1) is 0 Å². The highest BCUT2D eigenvalue weighted by atomic mass is 19.4. The molecule has 1 saturated heterocycles. The monoisotopic (exact) mass is 466 g/mol. The summed E-state index contributed by atoms with van der Waals surface area (Å²) in [6, 6.07) is 10.9. The lowest BCUT2D eigenvalue weighted by molar-refractivity contribution is -0.153. The van der Waals surface area contributed by atoms with E-state index in [0.717, 1.165) is 5.56 Å². The van der Waals surface area contributed by atoms with Crippen LogP contribution in [0.15, 0.2) is 42.5 Å². The fraction of sp³-hybridized carbons (Fsp3) is 0.391. The Bertz CT molecular complexity index is 988. The minimum Gasteiger partial charge on any atom is -0.507 e. The number of methoxy groups -OCH3 is 1. The van der Waals surface area contributed by atoms with Gasteiger partial charge in [0.25, 0.3) is 5.91 Å². The summed E-state index contributed by atoms with van der Waals surface area (Å²) in [5, 5.41) is 9.87. The minimum absolute atomic E-state index is 0.0184. The number of aryl methyl sites for hydroxylation is 1. The standard InChI is InChI=1S/C23H25F3N2O5/c1-32-20-14-16(6-8-19(20)33-15-23(24,25)26)7-9-21(30)27-10-12-28(13-11-27)22(31)17-4-2-3-5-18(17)29/h2-6,8,14,29H,7,9-13,15H2,1H3. The van der Waals surface area contributed by atoms with Crippen molar-refractivity contribution in [2.24, 2.45) is 0 Å². The molecule has 0 aromatic heterocycles. The Morgan fingerprint density at radius 2 is 1.67 bits per heavy atom. The Morgan fingerprint density at radius 1 is 1.00 bits per heavy atom. The first-order chi connectivity index (χ1) is 15.7. The molecule has 2 amide bonds. The van der Waals surface area contributed by atoms with Gasteiger partial charge in [-0.2, -0.15) is 13.2 Å². The second-order valence-electron chi connectivity index (χ2n) is 7.58. The van der Waals surface area contributed by atoms with Crippen molar-refractivity contribution in [2.45, 2.75) is 19.0 Å². The molecule has 7 nitrogen and oxygen atoms in total. The van der Waals surface area contributed by atoms with Crippen LogP contribution >= 0.6 is 0 Å². The van der Waals surface area contributed by atoms with Crippen LogP contribution in [0.2, 0.25) is 0 Å². The van der Waals surface area contributed by atoms with E-state index in [1.54, 1.807) is 40.1 Å². The van der Waals surface area contributed by atoms with Gasteiger partial charge in [0.2, 0.25) is 5.91 Å². The maximum absolute atomic E-state index is 12.6. The van der Waals surface area contributed by atoms with Crippen LogP contribution in [0.1, 0.15) is 22.3 Å². The molecule has 1 aliphatic rings. The second-order valence-corrected chi connectivity index (χ2v) is 7.58. The summed E-state index contributed by atoms with van der Waals surface area (Å²) in [4.78, 5) is 28.5. The molecule has 0 aliphatic carbocycles. The number of phenolic OH excluding ortho intramolecular Hbond substituents is 1. The Balaban J connectivity index is 1.50. The SMILES string of the molecule is COc1cc(CCC(=O)N2CCN(C(=O)c3ccccc3O)CC2)ccc1OCC(F)(F)F. The summed E-state index contributed by atoms with van der Waals surface area (Å²) in [7, 11) is 1.33. The molecule has 2 aromatic carbocycles. The molecule has 1 N–H and O–H groups in total. The normalized spacial score (nSPS) is 14.2. The van der Waals surface area contributed by atoms with Gasteiger partial charge in [0.05, 0.1) is 12.7 Å². The van der Waals surface area contributed by atoms with Crippen LogP contribution in [0, 0.1) is 0 Å². The fourth-order valence-corrected chi connectivity index (χ4v) is 3.54. The van der Waals surface area contributed by atoms with Crippen LogP contribution in [-0.2, 0) is 11.2 Å². The number of para-hydroxylation sites is 1. The number of ether oxygens (including phenoxy) is 2. The molecule has 1 heterocycles. The van der Waals surface area contributed by atoms with E-state index in [-0.39, 0.29) is 41.0 Å². The summed E-state index contributed by atoms with van der Waals surface area (Å²) in [6.45, 7) is 0.0624. The third-order valence-electron chi connectivity index (χ3n) is 5.30. The van der Waals surface area contributed by atoms with Crippen molar-refractivity contribution in [1.82, 2.24) is 9.80 Å². The molecule has 0 spiro atoms. The number of amides is 2. The lowest BCUT2D eigenvalue weighted by Crippen LogP contribution is -2.50. The van der Waals surface area contributed by atoms with Gasteiger partial charge in [0.15, 0.2) is 18.1 Å². The number of phenols is 1. The number of rotatable bonds is 7. The van der Waals surface area contributed by atoms with Gasteiger partial charge in [-0.25, -0.2) is 0 Å². The maximum atomic E-state index is 12.6. The highest BCUT2D eigenvalue weighted by Gasteiger charge is 2.29. The van der Waals surface area contributed by atoms with Crippen molar-refractivity contribution in [1.29, 1.82) is 0 Å². The van der Waals surface area contributed by atoms with E-state index in [1.165, 1.54) is 19.2 Å². The number of piperazine rings is 1. The van der Waals surface area contributed by atoms with Crippen LogP contribution in [-0.4, -0.2) is 72.8 Å². The van der Waals surface area contributed by atoms with E-state index in [4.69, 9.17) is 9.47 Å². The van der Waals surface area contributed by atoms with E-state index in [2.05, 4.69) is 0 Å². The number of halogens is 3. The summed E-state index contributed by atoms with van der Waals surface area (Å²) < 4.78 is 47.0. The Hall–Kier alpha value is -3.43. The van der Waals surface area contributed by atoms with Gasteiger partial charge >= 0.3 is 6.18 Å². The van der Waals surface area contributed by atoms with Crippen molar-refractivity contribution in [2.75, 3.05) is 39.9 Å². The third kappa shape index (κ3) is 6.53. The zero-order valence-electron chi connectivity index (χ0n) is 18.1. The van der Waals surface area contributed by atoms with Crippen molar-refractivity contribution < 1.29 is 37.3 Å². The summed E-state index contributed by atoms with van der Waals surface area (Å²) in [5.74, 6) is -0.289. The van der Waals surface area contributed by atoms with Crippen LogP contribution in [0.4, 0.5) is 13.2 Å². The van der Waals surface area contributed by atoms with Crippen molar-refractivity contribution >= 4 is 11.8 Å². The minimum atomic E-state index is -4.45. The molecule has 0 radical (unpaired) electrons. The third-order valence-corrected chi connectivity index (χ3v) is 5.30. The van der Waals surface area contributed by atoms with E-state index in [1.807, 2.05) is 0 Å². The van der Waals surface area contributed by atoms with Crippen LogP contribution in [0.3, 0.4) is 0 Å². The number of aromatic hydroxyl groups is 1. The zero-order chi connectivity index (χ0) is 24.0. The molecular weight excluding hydrogens is 441 g/mol. The molecule has 0 bridgehead atoms. The van der Waals surface area contributed by atoms with Crippen LogP contribution in [0.5, 0.6) is 17.2 Å². The lowest BCUT2D eigenvalue weighted by atomic mass is 10.1. The van der Waals surface area contributed by atoms with Gasteiger partial charge in [-0.3, -0.25) is 9.59 Å². The second kappa shape index (κ2) is 10.5. The van der Waals surface area contributed by atoms with Gasteiger partial charge in [0.1, 0.15) is 5.75 Å². The predicted octanol–water partition coefficient (Wildman–Crippen LogP) is 3.26. The zero-order valence-corrected chi connectivity index (χ0v) is 18.1. The van der Waals surface area contributed by atoms with Gasteiger partial charge in [-0.05, 0) is 36.2 Å². The molecular formula is C23H25F3N2O5. The summed E-state index contributed by atoms with van der Waals surface area (Å²) >= 11 is 0. The van der Waals surface area contributed by atoms with Gasteiger partial charge in [0, 0.05) is 32.6 Å². The summed E-state index contributed by atoms with van der Waals surface area (Å²) in [6.07, 6.45) is -3.86. The molecule has 1 fully saturated rings. The first-order valence-corrected chi connectivity index (χ1v) is 10.4. The number of hydrogen-bond acceptors (Lipinski definition) is 5. The Labute approximate surface area is 189 Å². The molecule has 1 aliphatic heterocycles. The predicted molar refractivity (Wildman–Crippen MR) is 113 cm³/mol. The van der Waals surface area contributed by atoms with Crippen molar-refractivity contribution in [3.8, 4) is 17.2 Å². The van der Waals surface area contributed by atoms with Crippen molar-refractivity contribution in [3.05, 3.63) is 53.6 Å². The number of benzene rings is 2. The molecule has 0 saturated carbocycles. The largest absolute Gasteiger partial charge is 0.507 e. The topological polar surface area (TPSA) is 79.3 Å². The number of carbonyl (C=O) groups is 2. The van der Waals surface area contributed by atoms with E-state index in [0.29, 0.717) is 32.6 Å². The van der Waals surface area contributed by atoms with E-state index < -0.39 is 12.8 Å². The van der Waals surface area contributed by atoms with E-state index >= 15 is 0 Å². The number of hydrogen-bond donors (Lipinski definition) is 1. The fourth-order valence-electron chi connectivity index (χ4n) is 3.54. The van der Waals surface area contributed by atoms with Gasteiger partial charge in [-0.1, -0.05) is 18.2 Å². The van der Waals surface area contributed by atoms with Crippen molar-refractivity contribution in [3.63, 3.8) is 0 Å². The number of nitrogens with zero attached hydrogens (tertiary/aromatic N) is 2. The maximum Gasteiger partial charge on any atom is 0.422 e. The highest BCUT2D eigenvalue weighted by Crippen LogP contribution is 2.30. The molecule has 0 atom stereocenters. The molecule has 0 unspecified atom stereocenters. The lowest BCUT2D eigenvalue weighted by Gasteiger charge is -2.35. The quantitative estimate of drug-likeness (QED) is 0.678. The first kappa shape index (κ1) is 24.2. The number of alkyl halides is 3.